The van der Waals surface area contributed by atoms with Gasteiger partial charge >= 0.3 is 18.0 Å². The molecule has 1 rings (SSSR count). The summed E-state index contributed by atoms with van der Waals surface area (Å²) in [4.78, 5) is 45.3. The van der Waals surface area contributed by atoms with Crippen molar-refractivity contribution in [1.82, 2.24) is 5.32 Å². The van der Waals surface area contributed by atoms with Gasteiger partial charge < -0.3 is 19.9 Å². The topological polar surface area (TPSA) is 119 Å². The second-order valence-electron chi connectivity index (χ2n) is 6.14. The molecule has 0 radical (unpaired) electrons. The summed E-state index contributed by atoms with van der Waals surface area (Å²) in [6.45, 7) is 3.04. The van der Waals surface area contributed by atoms with Crippen molar-refractivity contribution in [3.05, 3.63) is 0 Å². The highest BCUT2D eigenvalue weighted by Crippen LogP contribution is 2.38. The quantitative estimate of drug-likeness (QED) is 0.393. The lowest BCUT2D eigenvalue weighted by molar-refractivity contribution is -0.170. The number of esters is 1. The number of hydrogen-bond acceptors (Lipinski definition) is 6. The first-order chi connectivity index (χ1) is 11.3. The van der Waals surface area contributed by atoms with E-state index in [-0.39, 0.29) is 19.4 Å². The highest BCUT2D eigenvalue weighted by atomic mass is 16.7. The second kappa shape index (κ2) is 9.24. The van der Waals surface area contributed by atoms with Crippen LogP contribution in [0.5, 0.6) is 0 Å². The fourth-order valence-corrected chi connectivity index (χ4v) is 2.88. The third kappa shape index (κ3) is 6.55. The van der Waals surface area contributed by atoms with Crippen LogP contribution in [-0.2, 0) is 23.9 Å². The van der Waals surface area contributed by atoms with E-state index in [9.17, 15) is 19.2 Å². The van der Waals surface area contributed by atoms with Gasteiger partial charge in [0.15, 0.2) is 0 Å². The molecule has 1 aliphatic carbocycles. The van der Waals surface area contributed by atoms with Gasteiger partial charge in [-0.15, -0.1) is 0 Å². The number of carboxylic acid groups (broad SMARTS) is 1. The highest BCUT2D eigenvalue weighted by Gasteiger charge is 2.35. The van der Waals surface area contributed by atoms with Crippen LogP contribution in [0.3, 0.4) is 0 Å². The van der Waals surface area contributed by atoms with Gasteiger partial charge in [0.1, 0.15) is 0 Å². The third-order valence-electron chi connectivity index (χ3n) is 4.14. The average Bonchev–Trinajstić information content (AvgIpc) is 2.52. The van der Waals surface area contributed by atoms with Crippen molar-refractivity contribution >= 4 is 23.8 Å². The number of carbonyl (C=O) groups is 4. The fourth-order valence-electron chi connectivity index (χ4n) is 2.88. The zero-order valence-electron chi connectivity index (χ0n) is 14.1. The zero-order chi connectivity index (χ0) is 18.2. The summed E-state index contributed by atoms with van der Waals surface area (Å²) in [5.74, 6) is -2.65. The van der Waals surface area contributed by atoms with E-state index < -0.39 is 35.5 Å². The Labute approximate surface area is 140 Å². The van der Waals surface area contributed by atoms with Crippen LogP contribution < -0.4 is 5.32 Å². The number of Topliss-reactive ketones (excluding diaryl/α,β-unsaturated/α-hetero) is 1. The van der Waals surface area contributed by atoms with Gasteiger partial charge in [-0.1, -0.05) is 26.2 Å². The van der Waals surface area contributed by atoms with Crippen molar-refractivity contribution in [2.45, 2.75) is 65.1 Å². The van der Waals surface area contributed by atoms with Crippen LogP contribution in [0.2, 0.25) is 0 Å². The van der Waals surface area contributed by atoms with Crippen molar-refractivity contribution < 1.29 is 33.8 Å². The molecule has 0 aromatic carbocycles. The van der Waals surface area contributed by atoms with Gasteiger partial charge in [0, 0.05) is 19.9 Å². The van der Waals surface area contributed by atoms with Crippen molar-refractivity contribution in [3.63, 3.8) is 0 Å². The SMILES string of the molecule is CCC(=O)C(=O)OC(C)OC(=O)NCC1(CC(=O)O)CCCCC1. The first-order valence-corrected chi connectivity index (χ1v) is 8.18. The minimum Gasteiger partial charge on any atom is -0.481 e. The van der Waals surface area contributed by atoms with Crippen LogP contribution in [0.15, 0.2) is 0 Å². The molecule has 24 heavy (non-hydrogen) atoms. The van der Waals surface area contributed by atoms with E-state index in [4.69, 9.17) is 9.84 Å². The van der Waals surface area contributed by atoms with Gasteiger partial charge in [-0.3, -0.25) is 9.59 Å². The number of carboxylic acids is 1. The molecule has 1 fully saturated rings. The van der Waals surface area contributed by atoms with Crippen LogP contribution in [0.1, 0.15) is 58.8 Å². The van der Waals surface area contributed by atoms with E-state index in [1.54, 1.807) is 0 Å². The van der Waals surface area contributed by atoms with Crippen LogP contribution in [0, 0.1) is 5.41 Å². The highest BCUT2D eigenvalue weighted by molar-refractivity contribution is 6.33. The molecule has 0 spiro atoms. The lowest BCUT2D eigenvalue weighted by Gasteiger charge is -2.36. The molecule has 0 heterocycles. The predicted octanol–water partition coefficient (Wildman–Crippen LogP) is 2.01. The van der Waals surface area contributed by atoms with Crippen LogP contribution >= 0.6 is 0 Å². The van der Waals surface area contributed by atoms with E-state index in [0.717, 1.165) is 32.1 Å². The molecule has 8 nitrogen and oxygen atoms in total. The Morgan fingerprint density at radius 3 is 2.29 bits per heavy atom. The van der Waals surface area contributed by atoms with Crippen LogP contribution in [0.25, 0.3) is 0 Å². The maximum atomic E-state index is 11.8. The lowest BCUT2D eigenvalue weighted by atomic mass is 9.72. The molecule has 1 atom stereocenters. The average molecular weight is 343 g/mol. The number of alkyl carbamates (subject to hydrolysis) is 1. The standard InChI is InChI=1S/C16H25NO7/c1-3-12(18)14(21)23-11(2)24-15(22)17-10-16(9-13(19)20)7-5-4-6-8-16/h11H,3-10H2,1-2H3,(H,17,22)(H,19,20). The summed E-state index contributed by atoms with van der Waals surface area (Å²) >= 11 is 0. The van der Waals surface area contributed by atoms with E-state index >= 15 is 0 Å². The van der Waals surface area contributed by atoms with Gasteiger partial charge in [0.05, 0.1) is 6.42 Å². The smallest absolute Gasteiger partial charge is 0.410 e. The number of ketones is 1. The number of aliphatic carboxylic acids is 1. The Morgan fingerprint density at radius 1 is 1.12 bits per heavy atom. The van der Waals surface area contributed by atoms with Gasteiger partial charge in [0.2, 0.25) is 12.1 Å². The monoisotopic (exact) mass is 343 g/mol. The van der Waals surface area contributed by atoms with Crippen molar-refractivity contribution in [2.24, 2.45) is 5.41 Å². The Morgan fingerprint density at radius 2 is 1.75 bits per heavy atom. The second-order valence-corrected chi connectivity index (χ2v) is 6.14. The summed E-state index contributed by atoms with van der Waals surface area (Å²) in [6, 6.07) is 0. The molecular weight excluding hydrogens is 318 g/mol. The van der Waals surface area contributed by atoms with Crippen molar-refractivity contribution in [2.75, 3.05) is 6.54 Å². The fraction of sp³-hybridized carbons (Fsp3) is 0.750. The van der Waals surface area contributed by atoms with Crippen molar-refractivity contribution in [1.29, 1.82) is 0 Å². The normalized spacial score (nSPS) is 17.4. The summed E-state index contributed by atoms with van der Waals surface area (Å²) in [5, 5.41) is 11.6. The number of rotatable bonds is 8. The van der Waals surface area contributed by atoms with Crippen LogP contribution in [0.4, 0.5) is 4.79 Å². The Kier molecular flexibility index (Phi) is 7.67. The minimum atomic E-state index is -1.20. The molecule has 136 valence electrons. The molecule has 1 amide bonds. The maximum Gasteiger partial charge on any atom is 0.410 e. The molecule has 0 saturated heterocycles. The molecule has 0 aromatic rings. The van der Waals surface area contributed by atoms with E-state index in [1.807, 2.05) is 0 Å². The molecule has 1 unspecified atom stereocenters. The summed E-state index contributed by atoms with van der Waals surface area (Å²) in [5.41, 5.74) is -0.471. The molecule has 0 bridgehead atoms. The van der Waals surface area contributed by atoms with Gasteiger partial charge in [-0.2, -0.15) is 0 Å². The lowest BCUT2D eigenvalue weighted by Crippen LogP contribution is -2.41. The Balaban J connectivity index is 2.46. The molecular formula is C16H25NO7. The molecule has 1 saturated carbocycles. The van der Waals surface area contributed by atoms with Crippen LogP contribution in [-0.4, -0.2) is 41.8 Å². The first kappa shape index (κ1) is 19.9. The zero-order valence-corrected chi connectivity index (χ0v) is 14.1. The van der Waals surface area contributed by atoms with E-state index in [1.165, 1.54) is 13.8 Å². The number of amides is 1. The predicted molar refractivity (Wildman–Crippen MR) is 83.1 cm³/mol. The Bertz CT molecular complexity index is 483. The summed E-state index contributed by atoms with van der Waals surface area (Å²) in [7, 11) is 0. The van der Waals surface area contributed by atoms with Gasteiger partial charge in [-0.25, -0.2) is 9.59 Å². The Hall–Kier alpha value is -2.12. The molecule has 8 heteroatoms. The number of nitrogens with one attached hydrogen (secondary N) is 1. The molecule has 1 aliphatic rings. The van der Waals surface area contributed by atoms with E-state index in [0.29, 0.717) is 0 Å². The number of ether oxygens (including phenoxy) is 2. The molecule has 0 aliphatic heterocycles. The number of hydrogen-bond donors (Lipinski definition) is 2. The van der Waals surface area contributed by atoms with E-state index in [2.05, 4.69) is 10.1 Å². The first-order valence-electron chi connectivity index (χ1n) is 8.18. The van der Waals surface area contributed by atoms with Gasteiger partial charge in [0.25, 0.3) is 0 Å². The maximum absolute atomic E-state index is 11.8. The van der Waals surface area contributed by atoms with Gasteiger partial charge in [-0.05, 0) is 18.3 Å². The third-order valence-corrected chi connectivity index (χ3v) is 4.14. The minimum absolute atomic E-state index is 0.00938. The molecule has 2 N–H and O–H groups in total. The summed E-state index contributed by atoms with van der Waals surface area (Å²) in [6.07, 6.45) is 2.37. The molecule has 0 aromatic heterocycles. The van der Waals surface area contributed by atoms with Crippen molar-refractivity contribution in [3.8, 4) is 0 Å². The number of carbonyl (C=O) groups excluding carboxylic acids is 3. The summed E-state index contributed by atoms with van der Waals surface area (Å²) < 4.78 is 9.55. The largest absolute Gasteiger partial charge is 0.481 e.